The number of aromatic nitrogens is 12. The summed E-state index contributed by atoms with van der Waals surface area (Å²) in [6.45, 7) is 27.1. The van der Waals surface area contributed by atoms with Gasteiger partial charge in [0.15, 0.2) is 11.3 Å². The van der Waals surface area contributed by atoms with Gasteiger partial charge in [-0.2, -0.15) is 0 Å². The molecule has 21 rings (SSSR count). The molecule has 0 saturated carbocycles. The van der Waals surface area contributed by atoms with E-state index in [1.165, 1.54) is 55.9 Å². The highest BCUT2D eigenvalue weighted by molar-refractivity contribution is 9.11. The van der Waals surface area contributed by atoms with Crippen LogP contribution in [0.5, 0.6) is 0 Å². The lowest BCUT2D eigenvalue weighted by atomic mass is 9.78. The van der Waals surface area contributed by atoms with E-state index in [1.54, 1.807) is 38.9 Å². The molecule has 0 aliphatic carbocycles. The molecule has 0 fully saturated rings. The number of carbonyl (C=O) groups is 3. The molecule has 3 N–H and O–H groups in total. The van der Waals surface area contributed by atoms with Gasteiger partial charge in [-0.3, -0.25) is 14.4 Å². The van der Waals surface area contributed by atoms with Crippen molar-refractivity contribution in [2.45, 2.75) is 148 Å². The zero-order valence-corrected chi connectivity index (χ0v) is 80.2. The summed E-state index contributed by atoms with van der Waals surface area (Å²) in [6.07, 6.45) is 15.0. The maximum absolute atomic E-state index is 12.6. The largest absolute Gasteiger partial charge is 0.384 e. The van der Waals surface area contributed by atoms with Crippen LogP contribution >= 0.6 is 47.8 Å². The Morgan fingerprint density at radius 3 is 1.12 bits per heavy atom. The van der Waals surface area contributed by atoms with Crippen LogP contribution in [-0.4, -0.2) is 103 Å². The number of carbonyl (C=O) groups excluding carboxylic acids is 3. The normalized spacial score (nSPS) is 18.6. The van der Waals surface area contributed by atoms with Gasteiger partial charge in [0.2, 0.25) is 17.7 Å². The van der Waals surface area contributed by atoms with Crippen LogP contribution in [0.25, 0.3) is 67.6 Å². The third-order valence-corrected chi connectivity index (χ3v) is 27.5. The van der Waals surface area contributed by atoms with Crippen molar-refractivity contribution in [1.29, 1.82) is 0 Å². The van der Waals surface area contributed by atoms with Crippen molar-refractivity contribution in [1.82, 2.24) is 59.0 Å². The van der Waals surface area contributed by atoms with Crippen LogP contribution in [0.2, 0.25) is 0 Å². The van der Waals surface area contributed by atoms with Crippen molar-refractivity contribution in [2.75, 3.05) is 51.9 Å². The van der Waals surface area contributed by atoms with Gasteiger partial charge < -0.3 is 34.9 Å². The van der Waals surface area contributed by atoms with E-state index in [1.807, 2.05) is 116 Å². The summed E-state index contributed by atoms with van der Waals surface area (Å²) in [5, 5.41) is 10.1. The number of nitrogens with one attached hydrogen (secondary N) is 3. The van der Waals surface area contributed by atoms with Gasteiger partial charge in [0, 0.05) is 153 Å². The molecule has 11 heterocycles. The summed E-state index contributed by atoms with van der Waals surface area (Å²) in [5.41, 5.74) is 25.8. The van der Waals surface area contributed by atoms with Crippen LogP contribution < -0.4 is 25.8 Å². The molecule has 16 aromatic rings. The van der Waals surface area contributed by atoms with E-state index >= 15 is 0 Å². The number of hydrogen-bond donors (Lipinski definition) is 3. The smallest absolute Gasteiger partial charge is 0.235 e. The van der Waals surface area contributed by atoms with Crippen molar-refractivity contribution in [3.63, 3.8) is 0 Å². The molecule has 5 unspecified atom stereocenters. The van der Waals surface area contributed by atoms with Crippen LogP contribution in [0.3, 0.4) is 0 Å². The van der Waals surface area contributed by atoms with Gasteiger partial charge in [-0.1, -0.05) is 239 Å². The molecule has 131 heavy (non-hydrogen) atoms. The first-order chi connectivity index (χ1) is 63.2. The van der Waals surface area contributed by atoms with Crippen molar-refractivity contribution in [3.8, 4) is 45.3 Å². The maximum Gasteiger partial charge on any atom is 0.235 e. The zero-order valence-electron chi connectivity index (χ0n) is 75.5. The number of aryl methyl sites for hydroxylation is 4. The average molecular weight is 1930 g/mol. The number of fused-ring (bicyclic) bond motifs is 7. The first kappa shape index (κ1) is 89.9. The molecule has 660 valence electrons. The molecule has 5 aliphatic heterocycles. The predicted molar refractivity (Wildman–Crippen MR) is 536 cm³/mol. The zero-order chi connectivity index (χ0) is 91.5. The Labute approximate surface area is 790 Å². The second-order valence-corrected chi connectivity index (χ2v) is 38.7. The number of amides is 3. The van der Waals surface area contributed by atoms with Gasteiger partial charge in [0.25, 0.3) is 0 Å². The quantitative estimate of drug-likeness (QED) is 0.0816. The van der Waals surface area contributed by atoms with E-state index in [2.05, 4.69) is 319 Å². The van der Waals surface area contributed by atoms with Gasteiger partial charge in [-0.05, 0) is 201 Å². The maximum atomic E-state index is 12.6. The summed E-state index contributed by atoms with van der Waals surface area (Å²) >= 11 is 10.6. The Morgan fingerprint density at radius 2 is 0.710 bits per heavy atom. The highest BCUT2D eigenvalue weighted by Gasteiger charge is 2.45. The van der Waals surface area contributed by atoms with Gasteiger partial charge in [-0.25, -0.2) is 49.8 Å². The molecular weight excluding hydrogens is 1820 g/mol. The first-order valence-corrected chi connectivity index (χ1v) is 46.8. The number of halogens is 3. The lowest BCUT2D eigenvalue weighted by molar-refractivity contribution is -0.120. The van der Waals surface area contributed by atoms with Crippen molar-refractivity contribution >= 4 is 116 Å². The van der Waals surface area contributed by atoms with E-state index < -0.39 is 5.41 Å². The topological polar surface area (TPSA) is 233 Å². The molecule has 10 aromatic carbocycles. The summed E-state index contributed by atoms with van der Waals surface area (Å²) in [4.78, 5) is 86.7. The van der Waals surface area contributed by atoms with Crippen LogP contribution in [0.4, 0.5) is 28.4 Å². The molecule has 0 bridgehead atoms. The highest BCUT2D eigenvalue weighted by atomic mass is 79.9. The SMILES string of the molecule is CC(=O)N1CC(C)(Cc2ccccc2)c2cc(Br)ccc21.CC1(Cc2ccccc2)C(=O)Nc2ccc(Br)cc21.CC1(Cc2ccccc2)CNc2ccc(Br)cc21.CCn1c(-c2cnc(C)nc2)nc2c(-c3ccc4c(c3)C(C)(Cc3ccccc3)CN4)ncnc21.CCn1c(-c2cnc(C)nc2)nc2c(-c3ccc4c(c3)C(C)(Cc3ccccc3)CN4C(C)=O)ncnc21. The molecule has 6 aromatic heterocycles. The Balaban J connectivity index is 0.000000119. The number of hydrogen-bond acceptors (Lipinski definition) is 15. The van der Waals surface area contributed by atoms with Crippen LogP contribution in [0, 0.1) is 13.8 Å². The number of benzene rings is 10. The molecule has 0 spiro atoms. The monoisotopic (exact) mass is 1920 g/mol. The summed E-state index contributed by atoms with van der Waals surface area (Å²) in [7, 11) is 0. The lowest BCUT2D eigenvalue weighted by Gasteiger charge is -2.26. The fraction of sp³-hybridized carbons (Fsp3) is 0.250. The number of rotatable bonds is 16. The third kappa shape index (κ3) is 18.8. The van der Waals surface area contributed by atoms with E-state index in [-0.39, 0.29) is 39.4 Å². The van der Waals surface area contributed by atoms with Gasteiger partial charge >= 0.3 is 0 Å². The molecular formula is C108H104Br3N17O3. The van der Waals surface area contributed by atoms with Gasteiger partial charge in [0.1, 0.15) is 58.4 Å². The van der Waals surface area contributed by atoms with Gasteiger partial charge in [-0.15, -0.1) is 0 Å². The molecule has 5 atom stereocenters. The van der Waals surface area contributed by atoms with Crippen LogP contribution in [0.15, 0.2) is 294 Å². The van der Waals surface area contributed by atoms with E-state index in [0.29, 0.717) is 25.3 Å². The Kier molecular flexibility index (Phi) is 25.9. The van der Waals surface area contributed by atoms with Gasteiger partial charge in [0.05, 0.1) is 16.5 Å². The van der Waals surface area contributed by atoms with E-state index in [0.717, 1.165) is 167 Å². The summed E-state index contributed by atoms with van der Waals surface area (Å²) in [6, 6.07) is 83.9. The second kappa shape index (κ2) is 37.8. The van der Waals surface area contributed by atoms with Crippen molar-refractivity contribution in [2.24, 2.45) is 0 Å². The summed E-state index contributed by atoms with van der Waals surface area (Å²) in [5.74, 6) is 3.25. The number of anilines is 5. The molecule has 0 radical (unpaired) electrons. The Morgan fingerprint density at radius 1 is 0.374 bits per heavy atom. The highest BCUT2D eigenvalue weighted by Crippen LogP contribution is 2.49. The first-order valence-electron chi connectivity index (χ1n) is 44.5. The van der Waals surface area contributed by atoms with Crippen LogP contribution in [0.1, 0.15) is 130 Å². The second-order valence-electron chi connectivity index (χ2n) is 36.0. The minimum atomic E-state index is -0.500. The van der Waals surface area contributed by atoms with E-state index in [4.69, 9.17) is 15.0 Å². The number of imidazole rings is 2. The number of nitrogens with zero attached hydrogens (tertiary/aromatic N) is 14. The average Bonchev–Trinajstić information content (AvgIpc) is 1.58. The minimum Gasteiger partial charge on any atom is -0.384 e. The lowest BCUT2D eigenvalue weighted by Crippen LogP contribution is -2.35. The molecule has 0 saturated heterocycles. The standard InChI is InChI=1S/C30H29N7O.C28H27N7.C18H18BrNO.C16H14BrNO.C16H16BrN/c1-5-36-28(23-15-31-19(2)32-16-23)35-27-26(33-18-34-29(27)36)22-11-12-25-24(13-22)30(4,17-37(25)20(3)38)14-21-9-7-6-8-10-21;1-4-35-26(21-14-29-18(2)30-15-21)34-25-24(32-17-33-27(25)35)20-10-11-23-22(12-20)28(3,16-31-23)13-19-8-6-5-7-9-19;1-13(21)20-12-18(2,11-14-6-4-3-5-7-14)16-10-15(19)8-9-17(16)20;1-16(10-11-5-3-2-4-6-11)13-9-12(17)7-8-14(13)18-15(16)19;1-16(10-12-5-3-2-4-6-12)11-18-15-8-7-13(17)9-14(15)16/h6-13,15-16,18H,5,14,17H2,1-4H3;5-12,14-15,17,31H,4,13,16H2,1-3H3;3-10H,11-12H2,1-2H3;2-9H,10H2,1H3,(H,18,19);2-9,18H,10-11H2,1H3. The van der Waals surface area contributed by atoms with Crippen LogP contribution in [-0.2, 0) is 86.7 Å². The van der Waals surface area contributed by atoms with E-state index in [9.17, 15) is 14.4 Å². The Hall–Kier alpha value is -13.1. The van der Waals surface area contributed by atoms with Crippen molar-refractivity contribution < 1.29 is 14.4 Å². The summed E-state index contributed by atoms with van der Waals surface area (Å²) < 4.78 is 7.39. The fourth-order valence-corrected chi connectivity index (χ4v) is 20.4. The fourth-order valence-electron chi connectivity index (χ4n) is 19.3. The third-order valence-electron chi connectivity index (χ3n) is 26.0. The molecule has 20 nitrogen and oxygen atoms in total. The molecule has 23 heteroatoms. The molecule has 5 aliphatic rings. The molecule has 3 amide bonds. The predicted octanol–water partition coefficient (Wildman–Crippen LogP) is 22.9. The van der Waals surface area contributed by atoms with Crippen molar-refractivity contribution in [3.05, 3.63) is 361 Å². The minimum absolute atomic E-state index is 0.00792. The Bertz CT molecular complexity index is 6910.